The number of aromatic nitrogens is 1. The van der Waals surface area contributed by atoms with Crippen LogP contribution in [0.25, 0.3) is 0 Å². The zero-order valence-electron chi connectivity index (χ0n) is 10.3. The molecule has 0 radical (unpaired) electrons. The predicted octanol–water partition coefficient (Wildman–Crippen LogP) is 1.67. The first-order valence-corrected chi connectivity index (χ1v) is 5.93. The van der Waals surface area contributed by atoms with Crippen molar-refractivity contribution in [2.24, 2.45) is 17.8 Å². The molecule has 1 fully saturated rings. The van der Waals surface area contributed by atoms with Crippen LogP contribution >= 0.6 is 0 Å². The first-order valence-electron chi connectivity index (χ1n) is 5.93. The van der Waals surface area contributed by atoms with Crippen LogP contribution in [0.4, 0.5) is 6.01 Å². The lowest BCUT2D eigenvalue weighted by atomic mass is 9.95. The monoisotopic (exact) mass is 252 g/mol. The molecule has 1 heterocycles. The van der Waals surface area contributed by atoms with E-state index in [2.05, 4.69) is 10.3 Å². The van der Waals surface area contributed by atoms with Gasteiger partial charge in [0.2, 0.25) is 5.91 Å². The van der Waals surface area contributed by atoms with E-state index in [9.17, 15) is 9.59 Å². The quantitative estimate of drug-likeness (QED) is 0.853. The van der Waals surface area contributed by atoms with E-state index < -0.39 is 17.8 Å². The van der Waals surface area contributed by atoms with E-state index in [-0.39, 0.29) is 17.8 Å². The van der Waals surface area contributed by atoms with Gasteiger partial charge in [0.25, 0.3) is 0 Å². The summed E-state index contributed by atoms with van der Waals surface area (Å²) in [5.74, 6) is -2.12. The second-order valence-corrected chi connectivity index (χ2v) is 4.91. The maximum atomic E-state index is 12.0. The van der Waals surface area contributed by atoms with Gasteiger partial charge in [0.1, 0.15) is 6.26 Å². The van der Waals surface area contributed by atoms with Crippen LogP contribution in [0.3, 0.4) is 0 Å². The van der Waals surface area contributed by atoms with Crippen LogP contribution < -0.4 is 5.32 Å². The first kappa shape index (κ1) is 12.6. The summed E-state index contributed by atoms with van der Waals surface area (Å²) >= 11 is 0. The zero-order valence-corrected chi connectivity index (χ0v) is 10.3. The van der Waals surface area contributed by atoms with E-state index in [4.69, 9.17) is 9.52 Å². The molecule has 1 aromatic rings. The fourth-order valence-electron chi connectivity index (χ4n) is 2.46. The molecule has 3 unspecified atom stereocenters. The molecule has 1 saturated carbocycles. The topological polar surface area (TPSA) is 92.4 Å². The van der Waals surface area contributed by atoms with Crippen molar-refractivity contribution in [3.05, 3.63) is 12.0 Å². The Balaban J connectivity index is 2.06. The van der Waals surface area contributed by atoms with Crippen LogP contribution in [-0.4, -0.2) is 22.0 Å². The molecule has 1 amide bonds. The van der Waals surface area contributed by atoms with Crippen molar-refractivity contribution in [1.82, 2.24) is 4.98 Å². The van der Waals surface area contributed by atoms with Gasteiger partial charge in [0.05, 0.1) is 17.5 Å². The van der Waals surface area contributed by atoms with Gasteiger partial charge in [-0.3, -0.25) is 14.9 Å². The Morgan fingerprint density at radius 2 is 2.11 bits per heavy atom. The molecule has 0 spiro atoms. The molecule has 0 saturated heterocycles. The second-order valence-electron chi connectivity index (χ2n) is 4.91. The third kappa shape index (κ3) is 2.52. The molecular weight excluding hydrogens is 236 g/mol. The lowest BCUT2D eigenvalue weighted by molar-refractivity contribution is -0.145. The van der Waals surface area contributed by atoms with Crippen LogP contribution in [0, 0.1) is 24.7 Å². The number of nitrogens with one attached hydrogen (secondary N) is 1. The van der Waals surface area contributed by atoms with Crippen molar-refractivity contribution in [3.8, 4) is 0 Å². The summed E-state index contributed by atoms with van der Waals surface area (Å²) in [6.07, 6.45) is 2.56. The number of nitrogens with zero attached hydrogens (tertiary/aromatic N) is 1. The Hall–Kier alpha value is -1.85. The Morgan fingerprint density at radius 1 is 1.44 bits per heavy atom. The minimum absolute atomic E-state index is 0.126. The van der Waals surface area contributed by atoms with E-state index in [1.807, 2.05) is 6.92 Å². The normalized spacial score (nSPS) is 27.1. The highest BCUT2D eigenvalue weighted by Crippen LogP contribution is 2.37. The summed E-state index contributed by atoms with van der Waals surface area (Å²) in [6, 6.07) is 0.126. The van der Waals surface area contributed by atoms with E-state index in [1.54, 1.807) is 6.92 Å². The van der Waals surface area contributed by atoms with Crippen LogP contribution in [0.2, 0.25) is 0 Å². The number of rotatable bonds is 3. The number of carboxylic acid groups (broad SMARTS) is 1. The van der Waals surface area contributed by atoms with Crippen LogP contribution in [-0.2, 0) is 9.59 Å². The van der Waals surface area contributed by atoms with Gasteiger partial charge >= 0.3 is 12.0 Å². The molecule has 18 heavy (non-hydrogen) atoms. The minimum atomic E-state index is -0.914. The van der Waals surface area contributed by atoms with Gasteiger partial charge in [-0.2, -0.15) is 4.98 Å². The third-order valence-corrected chi connectivity index (χ3v) is 3.30. The van der Waals surface area contributed by atoms with Gasteiger partial charge in [0.15, 0.2) is 0 Å². The standard InChI is InChI=1S/C12H16N2O4/c1-6-3-8(9(4-6)11(16)17)10(15)14-12-13-7(2)5-18-12/h5-6,8-9H,3-4H2,1-2H3,(H,16,17)(H,13,14,15). The van der Waals surface area contributed by atoms with Gasteiger partial charge in [-0.05, 0) is 25.7 Å². The Labute approximate surface area is 104 Å². The number of carbonyl (C=O) groups excluding carboxylic acids is 1. The van der Waals surface area contributed by atoms with Gasteiger partial charge in [0, 0.05) is 0 Å². The number of anilines is 1. The maximum absolute atomic E-state index is 12.0. The van der Waals surface area contributed by atoms with E-state index in [0.717, 1.165) is 0 Å². The number of carboxylic acids is 1. The maximum Gasteiger partial charge on any atom is 0.307 e. The SMILES string of the molecule is Cc1coc(NC(=O)C2CC(C)CC2C(=O)O)n1. The summed E-state index contributed by atoms with van der Waals surface area (Å²) in [4.78, 5) is 27.1. The lowest BCUT2D eigenvalue weighted by Gasteiger charge is -2.13. The highest BCUT2D eigenvalue weighted by atomic mass is 16.4. The number of hydrogen-bond acceptors (Lipinski definition) is 4. The van der Waals surface area contributed by atoms with Crippen LogP contribution in [0.1, 0.15) is 25.5 Å². The van der Waals surface area contributed by atoms with Crippen LogP contribution in [0.5, 0.6) is 0 Å². The number of carbonyl (C=O) groups is 2. The molecular formula is C12H16N2O4. The smallest absolute Gasteiger partial charge is 0.307 e. The molecule has 2 rings (SSSR count). The second kappa shape index (κ2) is 4.80. The predicted molar refractivity (Wildman–Crippen MR) is 62.9 cm³/mol. The van der Waals surface area contributed by atoms with Crippen molar-refractivity contribution >= 4 is 17.9 Å². The first-order chi connectivity index (χ1) is 8.47. The number of aryl methyl sites for hydroxylation is 1. The highest BCUT2D eigenvalue weighted by Gasteiger charge is 2.41. The van der Waals surface area contributed by atoms with Crippen molar-refractivity contribution in [1.29, 1.82) is 0 Å². The fourth-order valence-corrected chi connectivity index (χ4v) is 2.46. The van der Waals surface area contributed by atoms with E-state index >= 15 is 0 Å². The van der Waals surface area contributed by atoms with E-state index in [0.29, 0.717) is 18.5 Å². The average Bonchev–Trinajstić information content (AvgIpc) is 2.85. The van der Waals surface area contributed by atoms with Gasteiger partial charge in [-0.15, -0.1) is 0 Å². The molecule has 2 N–H and O–H groups in total. The molecule has 0 aliphatic heterocycles. The van der Waals surface area contributed by atoms with Gasteiger partial charge in [-0.25, -0.2) is 0 Å². The Bertz CT molecular complexity index is 468. The lowest BCUT2D eigenvalue weighted by Crippen LogP contribution is -2.30. The van der Waals surface area contributed by atoms with Crippen molar-refractivity contribution in [3.63, 3.8) is 0 Å². The highest BCUT2D eigenvalue weighted by molar-refractivity contribution is 5.93. The third-order valence-electron chi connectivity index (χ3n) is 3.30. The number of aliphatic carboxylic acids is 1. The Morgan fingerprint density at radius 3 is 2.67 bits per heavy atom. The molecule has 0 bridgehead atoms. The summed E-state index contributed by atoms with van der Waals surface area (Å²) < 4.78 is 5.03. The molecule has 1 aromatic heterocycles. The molecule has 1 aliphatic rings. The molecule has 0 aromatic carbocycles. The fraction of sp³-hybridized carbons (Fsp3) is 0.583. The summed E-state index contributed by atoms with van der Waals surface area (Å²) in [5.41, 5.74) is 0.667. The number of hydrogen-bond donors (Lipinski definition) is 2. The van der Waals surface area contributed by atoms with Gasteiger partial charge < -0.3 is 9.52 Å². The van der Waals surface area contributed by atoms with Gasteiger partial charge in [-0.1, -0.05) is 6.92 Å². The zero-order chi connectivity index (χ0) is 13.3. The molecule has 3 atom stereocenters. The van der Waals surface area contributed by atoms with E-state index in [1.165, 1.54) is 6.26 Å². The number of oxazole rings is 1. The van der Waals surface area contributed by atoms with Crippen molar-refractivity contribution in [2.75, 3.05) is 5.32 Å². The van der Waals surface area contributed by atoms with Crippen LogP contribution in [0.15, 0.2) is 10.7 Å². The summed E-state index contributed by atoms with van der Waals surface area (Å²) in [7, 11) is 0. The van der Waals surface area contributed by atoms with Crippen molar-refractivity contribution in [2.45, 2.75) is 26.7 Å². The average molecular weight is 252 g/mol. The molecule has 6 nitrogen and oxygen atoms in total. The molecule has 98 valence electrons. The summed E-state index contributed by atoms with van der Waals surface area (Å²) in [5, 5.41) is 11.6. The minimum Gasteiger partial charge on any atom is -0.481 e. The largest absolute Gasteiger partial charge is 0.481 e. The molecule has 1 aliphatic carbocycles. The summed E-state index contributed by atoms with van der Waals surface area (Å²) in [6.45, 7) is 3.70. The Kier molecular flexibility index (Phi) is 3.36. The number of amides is 1. The molecule has 6 heteroatoms. The van der Waals surface area contributed by atoms with Crippen molar-refractivity contribution < 1.29 is 19.1 Å².